The fourth-order valence-corrected chi connectivity index (χ4v) is 5.89. The lowest BCUT2D eigenvalue weighted by Crippen LogP contribution is -2.36. The molecule has 4 N–H and O–H groups in total. The van der Waals surface area contributed by atoms with Crippen LogP contribution in [0.25, 0.3) is 22.3 Å². The molecule has 252 valence electrons. The molecule has 11 heteroatoms. The number of aryl methyl sites for hydroxylation is 1. The lowest BCUT2D eigenvalue weighted by Gasteiger charge is -2.25. The van der Waals surface area contributed by atoms with E-state index >= 15 is 4.39 Å². The number of nitrogens with zero attached hydrogens (tertiary/aromatic N) is 4. The first-order chi connectivity index (χ1) is 22.7. The number of carboxylic acids is 1. The lowest BCUT2D eigenvalue weighted by molar-refractivity contribution is -0.129. The number of ether oxygens (including phenoxy) is 1. The van der Waals surface area contributed by atoms with Gasteiger partial charge in [0.15, 0.2) is 0 Å². The molecule has 2 aromatic heterocycles. The Labute approximate surface area is 278 Å². The maximum atomic E-state index is 15.6. The van der Waals surface area contributed by atoms with Gasteiger partial charge in [0.2, 0.25) is 11.8 Å². The highest BCUT2D eigenvalue weighted by molar-refractivity contribution is 5.92. The zero-order chi connectivity index (χ0) is 33.7. The predicted molar refractivity (Wildman–Crippen MR) is 181 cm³/mol. The maximum absolute atomic E-state index is 15.6. The average Bonchev–Trinajstić information content (AvgIpc) is 3.67. The quantitative estimate of drug-likeness (QED) is 0.166. The first-order valence-electron chi connectivity index (χ1n) is 15.8. The Morgan fingerprint density at radius 2 is 1.71 bits per heavy atom. The van der Waals surface area contributed by atoms with Gasteiger partial charge in [0.1, 0.15) is 24.1 Å². The van der Waals surface area contributed by atoms with Crippen molar-refractivity contribution in [2.45, 2.75) is 66.2 Å². The molecular formula is C37H41F2N5O4. The van der Waals surface area contributed by atoms with Gasteiger partial charge in [-0.2, -0.15) is 0 Å². The van der Waals surface area contributed by atoms with Crippen LogP contribution in [-0.2, 0) is 24.4 Å². The van der Waals surface area contributed by atoms with Crippen LogP contribution in [0.2, 0.25) is 0 Å². The molecule has 1 saturated heterocycles. The van der Waals surface area contributed by atoms with Crippen molar-refractivity contribution in [2.75, 3.05) is 6.54 Å². The zero-order valence-electron chi connectivity index (χ0n) is 27.7. The van der Waals surface area contributed by atoms with Crippen LogP contribution >= 0.6 is 0 Å². The van der Waals surface area contributed by atoms with Crippen LogP contribution in [0.15, 0.2) is 72.8 Å². The number of rotatable bonds is 9. The van der Waals surface area contributed by atoms with E-state index in [2.05, 4.69) is 4.98 Å². The Hall–Kier alpha value is -5.16. The van der Waals surface area contributed by atoms with Crippen LogP contribution in [0.5, 0.6) is 5.88 Å². The van der Waals surface area contributed by atoms with Gasteiger partial charge in [-0.05, 0) is 67.3 Å². The molecule has 3 heterocycles. The smallest absolute Gasteiger partial charge is 0.335 e. The van der Waals surface area contributed by atoms with Crippen molar-refractivity contribution in [1.82, 2.24) is 25.6 Å². The van der Waals surface area contributed by atoms with E-state index in [1.807, 2.05) is 36.3 Å². The normalized spacial score (nSPS) is 13.9. The largest absolute Gasteiger partial charge is 0.478 e. The first-order valence-corrected chi connectivity index (χ1v) is 15.8. The van der Waals surface area contributed by atoms with E-state index in [1.54, 1.807) is 55.5 Å². The number of aromatic nitrogens is 3. The second-order valence-corrected chi connectivity index (χ2v) is 11.4. The average molecular weight is 658 g/mol. The number of carbonyl (C=O) groups is 2. The van der Waals surface area contributed by atoms with E-state index in [1.165, 1.54) is 18.2 Å². The molecule has 6 rings (SSSR count). The minimum Gasteiger partial charge on any atom is -0.478 e. The van der Waals surface area contributed by atoms with Crippen molar-refractivity contribution in [2.24, 2.45) is 0 Å². The molecule has 0 spiro atoms. The molecule has 0 unspecified atom stereocenters. The Kier molecular flexibility index (Phi) is 11.6. The molecule has 0 saturated carbocycles. The van der Waals surface area contributed by atoms with Gasteiger partial charge in [-0.1, -0.05) is 44.2 Å². The molecule has 0 aliphatic carbocycles. The van der Waals surface area contributed by atoms with Gasteiger partial charge in [-0.15, -0.1) is 0 Å². The van der Waals surface area contributed by atoms with E-state index in [4.69, 9.17) is 9.72 Å². The summed E-state index contributed by atoms with van der Waals surface area (Å²) in [6, 6.07) is 19.6. The van der Waals surface area contributed by atoms with Crippen molar-refractivity contribution in [1.29, 1.82) is 0 Å². The highest BCUT2D eigenvalue weighted by atomic mass is 19.1. The Bertz CT molecular complexity index is 1930. The number of carboxylic acid groups (broad SMARTS) is 1. The van der Waals surface area contributed by atoms with Gasteiger partial charge in [-0.3, -0.25) is 4.79 Å². The summed E-state index contributed by atoms with van der Waals surface area (Å²) in [6.07, 6.45) is 1.86. The van der Waals surface area contributed by atoms with Crippen LogP contribution in [0.3, 0.4) is 0 Å². The summed E-state index contributed by atoms with van der Waals surface area (Å²) < 4.78 is 37.5. The van der Waals surface area contributed by atoms with Gasteiger partial charge >= 0.3 is 5.97 Å². The SMILES string of the molecule is CC.CC(=O)N1CCC[C@@H]1Cn1c(Cc2ccc(-c3cccc(OCc4ccc(C)cc4F)n3)cc2F)nc2ccc(C(=O)O)cc21.N. The van der Waals surface area contributed by atoms with Gasteiger partial charge in [-0.25, -0.2) is 23.5 Å². The van der Waals surface area contributed by atoms with Crippen LogP contribution in [0, 0.1) is 18.6 Å². The number of amides is 1. The first kappa shape index (κ1) is 35.7. The maximum Gasteiger partial charge on any atom is 0.335 e. The van der Waals surface area contributed by atoms with Crippen LogP contribution in [0.1, 0.15) is 66.5 Å². The monoisotopic (exact) mass is 657 g/mol. The molecule has 1 amide bonds. The van der Waals surface area contributed by atoms with Gasteiger partial charge in [0.25, 0.3) is 0 Å². The number of carbonyl (C=O) groups excluding carboxylic acids is 1. The molecule has 1 atom stereocenters. The highest BCUT2D eigenvalue weighted by Crippen LogP contribution is 2.28. The summed E-state index contributed by atoms with van der Waals surface area (Å²) in [5.41, 5.74) is 4.05. The zero-order valence-corrected chi connectivity index (χ0v) is 27.7. The molecule has 1 fully saturated rings. The van der Waals surface area contributed by atoms with Crippen LogP contribution in [-0.4, -0.2) is 49.0 Å². The fraction of sp³-hybridized carbons (Fsp3) is 0.297. The highest BCUT2D eigenvalue weighted by Gasteiger charge is 2.28. The van der Waals surface area contributed by atoms with Crippen LogP contribution < -0.4 is 10.9 Å². The Morgan fingerprint density at radius 1 is 0.958 bits per heavy atom. The number of likely N-dealkylation sites (tertiary alicyclic amines) is 1. The third-order valence-corrected chi connectivity index (χ3v) is 8.25. The third kappa shape index (κ3) is 7.86. The third-order valence-electron chi connectivity index (χ3n) is 8.25. The molecule has 1 aliphatic heterocycles. The number of hydrogen-bond donors (Lipinski definition) is 2. The number of fused-ring (bicyclic) bond motifs is 1. The van der Waals surface area contributed by atoms with E-state index < -0.39 is 11.8 Å². The summed E-state index contributed by atoms with van der Waals surface area (Å²) >= 11 is 0. The lowest BCUT2D eigenvalue weighted by atomic mass is 10.1. The summed E-state index contributed by atoms with van der Waals surface area (Å²) in [4.78, 5) is 35.1. The van der Waals surface area contributed by atoms with E-state index in [-0.39, 0.29) is 48.4 Å². The van der Waals surface area contributed by atoms with Crippen molar-refractivity contribution < 1.29 is 28.2 Å². The standard InChI is InChI=1S/C35H32F2N4O4.C2H6.H3N/c1-21-8-9-26(28(36)15-21)20-45-34-7-3-6-30(39-34)24-11-10-23(29(37)16-24)18-33-38-31-13-12-25(35(43)44)17-32(31)41(33)19-27-5-4-14-40(27)22(2)42;1-2;/h3,6-13,15-17,27H,4-5,14,18-20H2,1-2H3,(H,43,44);1-2H3;1H3/t27-;;/m1../s1. The number of benzene rings is 3. The van der Waals surface area contributed by atoms with Crippen molar-refractivity contribution in [3.05, 3.63) is 113 Å². The molecular weight excluding hydrogens is 616 g/mol. The molecule has 3 aromatic carbocycles. The second kappa shape index (κ2) is 15.6. The van der Waals surface area contributed by atoms with E-state index in [0.29, 0.717) is 52.3 Å². The molecule has 48 heavy (non-hydrogen) atoms. The summed E-state index contributed by atoms with van der Waals surface area (Å²) in [6.45, 7) is 8.47. The minimum absolute atomic E-state index is 0. The number of pyridine rings is 1. The fourth-order valence-electron chi connectivity index (χ4n) is 5.89. The molecule has 0 radical (unpaired) electrons. The van der Waals surface area contributed by atoms with Crippen molar-refractivity contribution in [3.8, 4) is 17.1 Å². The van der Waals surface area contributed by atoms with Gasteiger partial charge in [0.05, 0.1) is 22.3 Å². The molecule has 0 bridgehead atoms. The van der Waals surface area contributed by atoms with Gasteiger partial charge in [0, 0.05) is 49.7 Å². The molecule has 1 aliphatic rings. The summed E-state index contributed by atoms with van der Waals surface area (Å²) in [5, 5.41) is 9.59. The summed E-state index contributed by atoms with van der Waals surface area (Å²) in [7, 11) is 0. The summed E-state index contributed by atoms with van der Waals surface area (Å²) in [5.74, 6) is -0.993. The van der Waals surface area contributed by atoms with Gasteiger partial charge < -0.3 is 25.5 Å². The second-order valence-electron chi connectivity index (χ2n) is 11.4. The van der Waals surface area contributed by atoms with Crippen molar-refractivity contribution >= 4 is 22.9 Å². The van der Waals surface area contributed by atoms with Crippen LogP contribution in [0.4, 0.5) is 8.78 Å². The minimum atomic E-state index is -1.05. The number of aromatic carboxylic acids is 1. The number of halogens is 2. The topological polar surface area (TPSA) is 133 Å². The molecule has 5 aromatic rings. The van der Waals surface area contributed by atoms with E-state index in [0.717, 1.165) is 18.4 Å². The predicted octanol–water partition coefficient (Wildman–Crippen LogP) is 7.75. The molecule has 9 nitrogen and oxygen atoms in total. The Morgan fingerprint density at radius 3 is 2.42 bits per heavy atom. The Balaban J connectivity index is 0.00000170. The number of hydrogen-bond acceptors (Lipinski definition) is 6. The number of imidazole rings is 1. The van der Waals surface area contributed by atoms with E-state index in [9.17, 15) is 19.1 Å². The van der Waals surface area contributed by atoms with Crippen molar-refractivity contribution in [3.63, 3.8) is 0 Å².